The Morgan fingerprint density at radius 1 is 0.507 bits per heavy atom. The zero-order valence-electron chi connectivity index (χ0n) is 43.3. The molecule has 2 aliphatic heterocycles. The summed E-state index contributed by atoms with van der Waals surface area (Å²) in [4.78, 5) is 13.1. The molecule has 12 atom stereocenters. The average molecular weight is 986 g/mol. The highest BCUT2D eigenvalue weighted by atomic mass is 16.7. The zero-order chi connectivity index (χ0) is 50.3. The standard InChI is InChI=1S/C55H103NO13/c1-3-5-7-9-11-12-13-14-15-16-17-18-19-20-21-22-23-24-25-26-27-28-29-30-31-32-33-35-37-39-47(60)56-43(44(59)38-36-34-10-8-6-4-2)42-66-54-52(65)50(63)53(46(41-58)68-54)69-55-51(64)49(62)48(61)45(40-57)67-55/h16-17,36,38,43-46,48-55,57-59,61-65H,3-15,18-35,37,39-42H2,1-2H3,(H,56,60)/b17-16-,38-36+. The molecule has 1 amide bonds. The molecule has 2 aliphatic rings. The molecule has 0 aliphatic carbocycles. The normalized spacial score (nSPS) is 26.3. The molecule has 0 aromatic rings. The number of hydrogen-bond donors (Lipinski definition) is 9. The Morgan fingerprint density at radius 3 is 1.39 bits per heavy atom. The second-order valence-corrected chi connectivity index (χ2v) is 20.1. The van der Waals surface area contributed by atoms with Gasteiger partial charge >= 0.3 is 0 Å². The summed E-state index contributed by atoms with van der Waals surface area (Å²) in [6, 6.07) is -0.908. The van der Waals surface area contributed by atoms with E-state index in [-0.39, 0.29) is 18.9 Å². The van der Waals surface area contributed by atoms with E-state index in [1.54, 1.807) is 6.08 Å². The Hall–Kier alpha value is -1.53. The van der Waals surface area contributed by atoms with Crippen LogP contribution in [0.15, 0.2) is 24.3 Å². The Morgan fingerprint density at radius 2 is 0.913 bits per heavy atom. The van der Waals surface area contributed by atoms with Gasteiger partial charge in [-0.2, -0.15) is 0 Å². The third-order valence-corrected chi connectivity index (χ3v) is 13.9. The van der Waals surface area contributed by atoms with Crippen molar-refractivity contribution < 1.29 is 64.6 Å². The molecule has 0 aromatic carbocycles. The number of aliphatic hydroxyl groups is 8. The number of allylic oxidation sites excluding steroid dienone is 3. The molecule has 0 radical (unpaired) electrons. The molecule has 12 unspecified atom stereocenters. The molecule has 406 valence electrons. The highest BCUT2D eigenvalue weighted by Gasteiger charge is 2.51. The van der Waals surface area contributed by atoms with Gasteiger partial charge in [-0.25, -0.2) is 0 Å². The first kappa shape index (κ1) is 63.6. The predicted octanol–water partition coefficient (Wildman–Crippen LogP) is 8.50. The van der Waals surface area contributed by atoms with Gasteiger partial charge in [0.05, 0.1) is 32.0 Å². The fraction of sp³-hybridized carbons (Fsp3) is 0.909. The molecule has 14 nitrogen and oxygen atoms in total. The highest BCUT2D eigenvalue weighted by molar-refractivity contribution is 5.76. The fourth-order valence-corrected chi connectivity index (χ4v) is 9.29. The largest absolute Gasteiger partial charge is 0.394 e. The van der Waals surface area contributed by atoms with Gasteiger partial charge in [0.15, 0.2) is 12.6 Å². The van der Waals surface area contributed by atoms with Crippen molar-refractivity contribution >= 4 is 5.91 Å². The van der Waals surface area contributed by atoms with E-state index >= 15 is 0 Å². The maximum absolute atomic E-state index is 13.1. The summed E-state index contributed by atoms with van der Waals surface area (Å²) in [7, 11) is 0. The lowest BCUT2D eigenvalue weighted by molar-refractivity contribution is -0.359. The van der Waals surface area contributed by atoms with Gasteiger partial charge in [0.1, 0.15) is 48.8 Å². The van der Waals surface area contributed by atoms with Crippen molar-refractivity contribution in [1.82, 2.24) is 5.32 Å². The first-order chi connectivity index (χ1) is 33.6. The van der Waals surface area contributed by atoms with Gasteiger partial charge in [0, 0.05) is 6.42 Å². The van der Waals surface area contributed by atoms with E-state index in [1.807, 2.05) is 6.08 Å². The molecule has 2 heterocycles. The average Bonchev–Trinajstić information content (AvgIpc) is 3.35. The van der Waals surface area contributed by atoms with Gasteiger partial charge in [-0.1, -0.05) is 199 Å². The van der Waals surface area contributed by atoms with E-state index in [2.05, 4.69) is 31.3 Å². The molecular weight excluding hydrogens is 883 g/mol. The van der Waals surface area contributed by atoms with Crippen LogP contribution in [0, 0.1) is 0 Å². The smallest absolute Gasteiger partial charge is 0.220 e. The van der Waals surface area contributed by atoms with E-state index in [4.69, 9.17) is 18.9 Å². The minimum Gasteiger partial charge on any atom is -0.394 e. The van der Waals surface area contributed by atoms with E-state index in [0.29, 0.717) is 6.42 Å². The number of carbonyl (C=O) groups is 1. The van der Waals surface area contributed by atoms with Crippen molar-refractivity contribution in [2.24, 2.45) is 0 Å². The van der Waals surface area contributed by atoms with Gasteiger partial charge < -0.3 is 65.1 Å². The molecular formula is C55H103NO13. The number of ether oxygens (including phenoxy) is 4. The molecule has 2 rings (SSSR count). The topological polar surface area (TPSA) is 228 Å². The second kappa shape index (κ2) is 41.9. The summed E-state index contributed by atoms with van der Waals surface area (Å²) in [5.74, 6) is -0.243. The minimum absolute atomic E-state index is 0.243. The molecule has 69 heavy (non-hydrogen) atoms. The summed E-state index contributed by atoms with van der Waals surface area (Å²) in [6.45, 7) is 2.71. The number of rotatable bonds is 44. The Bertz CT molecular complexity index is 1260. The van der Waals surface area contributed by atoms with Crippen LogP contribution in [-0.2, 0) is 23.7 Å². The monoisotopic (exact) mass is 986 g/mol. The summed E-state index contributed by atoms with van der Waals surface area (Å²) in [5, 5.41) is 86.4. The van der Waals surface area contributed by atoms with Crippen LogP contribution in [-0.4, -0.2) is 140 Å². The van der Waals surface area contributed by atoms with Crippen LogP contribution >= 0.6 is 0 Å². The van der Waals surface area contributed by atoms with Crippen molar-refractivity contribution in [1.29, 1.82) is 0 Å². The fourth-order valence-electron chi connectivity index (χ4n) is 9.29. The van der Waals surface area contributed by atoms with Gasteiger partial charge in [-0.3, -0.25) is 4.79 Å². The second-order valence-electron chi connectivity index (χ2n) is 20.1. The molecule has 9 N–H and O–H groups in total. The number of unbranched alkanes of at least 4 members (excludes halogenated alkanes) is 29. The maximum atomic E-state index is 13.1. The van der Waals surface area contributed by atoms with Crippen LogP contribution in [0.3, 0.4) is 0 Å². The number of hydrogen-bond acceptors (Lipinski definition) is 13. The minimum atomic E-state index is -1.78. The van der Waals surface area contributed by atoms with Crippen molar-refractivity contribution in [3.63, 3.8) is 0 Å². The summed E-state index contributed by atoms with van der Waals surface area (Å²) in [6.07, 6.45) is 31.5. The molecule has 0 spiro atoms. The SMILES string of the molecule is CCCCCC/C=C/C(O)C(COC1OC(CO)C(OC2OC(CO)C(O)C(O)C2O)C(O)C1O)NC(=O)CCCCCCCCCCCCCCCCCCC/C=C\CCCCCCCCCC. The highest BCUT2D eigenvalue weighted by Crippen LogP contribution is 2.30. The van der Waals surface area contributed by atoms with E-state index in [0.717, 1.165) is 51.4 Å². The van der Waals surface area contributed by atoms with E-state index in [9.17, 15) is 45.6 Å². The molecule has 0 aromatic heterocycles. The summed E-state index contributed by atoms with van der Waals surface area (Å²) >= 11 is 0. The Kier molecular flexibility index (Phi) is 38.6. The Labute approximate surface area is 418 Å². The molecule has 2 fully saturated rings. The lowest BCUT2D eigenvalue weighted by Crippen LogP contribution is -2.65. The number of aliphatic hydroxyl groups excluding tert-OH is 8. The van der Waals surface area contributed by atoms with E-state index in [1.165, 1.54) is 148 Å². The van der Waals surface area contributed by atoms with Crippen LogP contribution in [0.5, 0.6) is 0 Å². The zero-order valence-corrected chi connectivity index (χ0v) is 43.3. The van der Waals surface area contributed by atoms with Crippen molar-refractivity contribution in [2.75, 3.05) is 19.8 Å². The van der Waals surface area contributed by atoms with Crippen molar-refractivity contribution in [3.8, 4) is 0 Å². The predicted molar refractivity (Wildman–Crippen MR) is 272 cm³/mol. The number of nitrogens with one attached hydrogen (secondary N) is 1. The van der Waals surface area contributed by atoms with E-state index < -0.39 is 86.8 Å². The summed E-state index contributed by atoms with van der Waals surface area (Å²) < 4.78 is 22.6. The van der Waals surface area contributed by atoms with Gasteiger partial charge in [0.2, 0.25) is 5.91 Å². The van der Waals surface area contributed by atoms with Gasteiger partial charge in [-0.05, 0) is 44.9 Å². The van der Waals surface area contributed by atoms with Gasteiger partial charge in [0.25, 0.3) is 0 Å². The Balaban J connectivity index is 1.60. The number of carbonyl (C=O) groups excluding carboxylic acids is 1. The van der Waals surface area contributed by atoms with Crippen LogP contribution in [0.1, 0.15) is 226 Å². The molecule has 2 saturated heterocycles. The first-order valence-electron chi connectivity index (χ1n) is 28.1. The lowest BCUT2D eigenvalue weighted by atomic mass is 9.97. The van der Waals surface area contributed by atoms with Crippen LogP contribution in [0.25, 0.3) is 0 Å². The van der Waals surface area contributed by atoms with Crippen molar-refractivity contribution in [3.05, 3.63) is 24.3 Å². The third-order valence-electron chi connectivity index (χ3n) is 13.9. The molecule has 0 bridgehead atoms. The quantitative estimate of drug-likeness (QED) is 0.0206. The van der Waals surface area contributed by atoms with Crippen LogP contribution in [0.2, 0.25) is 0 Å². The van der Waals surface area contributed by atoms with Gasteiger partial charge in [-0.15, -0.1) is 0 Å². The third kappa shape index (κ3) is 28.5. The number of amides is 1. The lowest BCUT2D eigenvalue weighted by Gasteiger charge is -2.46. The van der Waals surface area contributed by atoms with Crippen LogP contribution < -0.4 is 5.32 Å². The molecule has 14 heteroatoms. The molecule has 0 saturated carbocycles. The van der Waals surface area contributed by atoms with Crippen molar-refractivity contribution in [2.45, 2.75) is 299 Å². The summed E-state index contributed by atoms with van der Waals surface area (Å²) in [5.41, 5.74) is 0. The first-order valence-corrected chi connectivity index (χ1v) is 28.1. The van der Waals surface area contributed by atoms with Crippen LogP contribution in [0.4, 0.5) is 0 Å². The maximum Gasteiger partial charge on any atom is 0.220 e.